The van der Waals surface area contributed by atoms with Gasteiger partial charge in [0.2, 0.25) is 0 Å². The lowest BCUT2D eigenvalue weighted by molar-refractivity contribution is -0.136. The first-order chi connectivity index (χ1) is 17.4. The lowest BCUT2D eigenvalue weighted by Crippen LogP contribution is -2.50. The zero-order chi connectivity index (χ0) is 25.3. The first kappa shape index (κ1) is 25.0. The van der Waals surface area contributed by atoms with Crippen LogP contribution in [0, 0.1) is 12.8 Å². The van der Waals surface area contributed by atoms with E-state index in [1.807, 2.05) is 13.0 Å². The van der Waals surface area contributed by atoms with Crippen molar-refractivity contribution < 1.29 is 22.1 Å². The summed E-state index contributed by atoms with van der Waals surface area (Å²) in [5, 5.41) is 7.32. The van der Waals surface area contributed by atoms with E-state index in [1.165, 1.54) is 12.7 Å². The quantitative estimate of drug-likeness (QED) is 0.293. The molecule has 7 nitrogen and oxygen atoms in total. The molecule has 3 atom stereocenters. The smallest absolute Gasteiger partial charge is 0.335 e. The maximum atomic E-state index is 12.8. The molecule has 3 aliphatic rings. The van der Waals surface area contributed by atoms with E-state index in [9.17, 15) is 13.2 Å². The van der Waals surface area contributed by atoms with E-state index in [2.05, 4.69) is 28.8 Å². The van der Waals surface area contributed by atoms with Crippen molar-refractivity contribution in [2.75, 3.05) is 25.6 Å². The molecule has 5 rings (SSSR count). The van der Waals surface area contributed by atoms with E-state index >= 15 is 0 Å². The minimum Gasteiger partial charge on any atom is -0.466 e. The molecule has 2 aliphatic heterocycles. The Kier molecular flexibility index (Phi) is 6.94. The summed E-state index contributed by atoms with van der Waals surface area (Å²) in [7, 11) is -2.28. The van der Waals surface area contributed by atoms with Gasteiger partial charge in [0, 0.05) is 17.4 Å². The highest BCUT2D eigenvalue weighted by Crippen LogP contribution is 2.57. The van der Waals surface area contributed by atoms with Crippen LogP contribution in [-0.4, -0.2) is 40.7 Å². The number of nitrogens with one attached hydrogen (secondary N) is 2. The van der Waals surface area contributed by atoms with E-state index in [0.717, 1.165) is 54.7 Å². The second kappa shape index (κ2) is 10.00. The Balaban J connectivity index is 1.23. The molecule has 0 amide bonds. The summed E-state index contributed by atoms with van der Waals surface area (Å²) < 4.78 is 35.2. The summed E-state index contributed by atoms with van der Waals surface area (Å²) >= 11 is 0. The van der Waals surface area contributed by atoms with Crippen LogP contribution in [0.1, 0.15) is 49.7 Å². The van der Waals surface area contributed by atoms with Gasteiger partial charge in [-0.25, -0.2) is 4.79 Å². The third-order valence-electron chi connectivity index (χ3n) is 7.97. The SMILES string of the molecule is COC(=O)C1=C2Nc3ccccc3[C@]23CCN[C@@H]3[C@@H](CCCCCOS(=O)(=O)c2ccc(C)cc2)C1. The number of carbonyl (C=O) groups is 1. The number of benzene rings is 2. The lowest BCUT2D eigenvalue weighted by atomic mass is 9.62. The zero-order valence-electron chi connectivity index (χ0n) is 20.9. The minimum atomic E-state index is -3.73. The van der Waals surface area contributed by atoms with Gasteiger partial charge in [-0.2, -0.15) is 8.42 Å². The second-order valence-corrected chi connectivity index (χ2v) is 11.7. The summed E-state index contributed by atoms with van der Waals surface area (Å²) in [5.74, 6) is 0.0326. The summed E-state index contributed by atoms with van der Waals surface area (Å²) in [5.41, 5.74) is 4.88. The van der Waals surface area contributed by atoms with Crippen molar-refractivity contribution >= 4 is 21.8 Å². The van der Waals surface area contributed by atoms with Crippen LogP contribution in [0.4, 0.5) is 5.69 Å². The number of rotatable bonds is 9. The number of aryl methyl sites for hydroxylation is 1. The number of esters is 1. The number of fused-ring (bicyclic) bond motifs is 1. The molecule has 1 saturated heterocycles. The van der Waals surface area contributed by atoms with E-state index in [4.69, 9.17) is 8.92 Å². The summed E-state index contributed by atoms with van der Waals surface area (Å²) in [4.78, 5) is 13.0. The number of carbonyl (C=O) groups excluding carboxylic acids is 1. The topological polar surface area (TPSA) is 93.7 Å². The maximum absolute atomic E-state index is 12.8. The third-order valence-corrected chi connectivity index (χ3v) is 9.29. The lowest BCUT2D eigenvalue weighted by Gasteiger charge is -2.43. The Morgan fingerprint density at radius 1 is 1.08 bits per heavy atom. The van der Waals surface area contributed by atoms with Gasteiger partial charge in [-0.1, -0.05) is 48.7 Å². The molecule has 0 saturated carbocycles. The number of hydrogen-bond acceptors (Lipinski definition) is 7. The molecule has 0 aromatic heterocycles. The van der Waals surface area contributed by atoms with Crippen molar-refractivity contribution in [3.8, 4) is 0 Å². The fraction of sp³-hybridized carbons (Fsp3) is 0.464. The minimum absolute atomic E-state index is 0.168. The van der Waals surface area contributed by atoms with Crippen LogP contribution in [0.25, 0.3) is 0 Å². The fourth-order valence-electron chi connectivity index (χ4n) is 6.30. The van der Waals surface area contributed by atoms with E-state index in [0.29, 0.717) is 12.8 Å². The zero-order valence-corrected chi connectivity index (χ0v) is 21.7. The van der Waals surface area contributed by atoms with Crippen molar-refractivity contribution in [3.63, 3.8) is 0 Å². The molecule has 1 fully saturated rings. The van der Waals surface area contributed by atoms with Gasteiger partial charge in [-0.15, -0.1) is 0 Å². The summed E-state index contributed by atoms with van der Waals surface area (Å²) in [6.45, 7) is 2.99. The van der Waals surface area contributed by atoms with Gasteiger partial charge < -0.3 is 15.4 Å². The van der Waals surface area contributed by atoms with Gasteiger partial charge in [0.05, 0.1) is 29.6 Å². The first-order valence-corrected chi connectivity index (χ1v) is 14.2. The van der Waals surface area contributed by atoms with Crippen molar-refractivity contribution in [2.45, 2.75) is 61.8 Å². The second-order valence-electron chi connectivity index (χ2n) is 10.1. The maximum Gasteiger partial charge on any atom is 0.335 e. The van der Waals surface area contributed by atoms with Crippen molar-refractivity contribution in [1.82, 2.24) is 5.32 Å². The summed E-state index contributed by atoms with van der Waals surface area (Å²) in [6.07, 6.45) is 5.01. The Bertz CT molecular complexity index is 1270. The highest BCUT2D eigenvalue weighted by Gasteiger charge is 2.58. The van der Waals surface area contributed by atoms with Crippen LogP contribution >= 0.6 is 0 Å². The Morgan fingerprint density at radius 2 is 1.86 bits per heavy atom. The Hall–Kier alpha value is -2.68. The normalized spacial score (nSPS) is 24.6. The molecule has 2 N–H and O–H groups in total. The molecule has 8 heteroatoms. The average molecular weight is 511 g/mol. The fourth-order valence-corrected chi connectivity index (χ4v) is 7.24. The Labute approximate surface area is 213 Å². The first-order valence-electron chi connectivity index (χ1n) is 12.7. The van der Waals surface area contributed by atoms with Crippen molar-refractivity contribution in [2.24, 2.45) is 5.92 Å². The third kappa shape index (κ3) is 4.35. The monoisotopic (exact) mass is 510 g/mol. The van der Waals surface area contributed by atoms with Crippen LogP contribution in [0.5, 0.6) is 0 Å². The molecule has 1 spiro atoms. The molecule has 192 valence electrons. The van der Waals surface area contributed by atoms with Gasteiger partial charge in [0.25, 0.3) is 10.1 Å². The molecule has 36 heavy (non-hydrogen) atoms. The molecular weight excluding hydrogens is 476 g/mol. The van der Waals surface area contributed by atoms with Gasteiger partial charge >= 0.3 is 5.97 Å². The molecule has 0 bridgehead atoms. The van der Waals surface area contributed by atoms with E-state index in [1.54, 1.807) is 24.3 Å². The highest BCUT2D eigenvalue weighted by molar-refractivity contribution is 7.86. The molecular formula is C28H34N2O5S. The summed E-state index contributed by atoms with van der Waals surface area (Å²) in [6, 6.07) is 15.3. The molecule has 2 aromatic rings. The van der Waals surface area contributed by atoms with Crippen molar-refractivity contribution in [3.05, 3.63) is 70.9 Å². The number of methoxy groups -OCH3 is 1. The number of hydrogen-bond donors (Lipinski definition) is 2. The molecule has 0 unspecified atom stereocenters. The van der Waals surface area contributed by atoms with Crippen LogP contribution in [-0.2, 0) is 29.2 Å². The van der Waals surface area contributed by atoms with Gasteiger partial charge in [-0.05, 0) is 68.8 Å². The number of unbranched alkanes of at least 4 members (excludes halogenated alkanes) is 2. The van der Waals surface area contributed by atoms with Gasteiger partial charge in [-0.3, -0.25) is 4.18 Å². The van der Waals surface area contributed by atoms with E-state index < -0.39 is 10.1 Å². The van der Waals surface area contributed by atoms with Gasteiger partial charge in [0.1, 0.15) is 0 Å². The van der Waals surface area contributed by atoms with Gasteiger partial charge in [0.15, 0.2) is 0 Å². The largest absolute Gasteiger partial charge is 0.466 e. The van der Waals surface area contributed by atoms with Crippen LogP contribution in [0.15, 0.2) is 64.7 Å². The predicted molar refractivity (Wildman–Crippen MR) is 138 cm³/mol. The average Bonchev–Trinajstić information content (AvgIpc) is 3.47. The molecule has 2 aromatic carbocycles. The molecule has 1 aliphatic carbocycles. The Morgan fingerprint density at radius 3 is 2.64 bits per heavy atom. The number of para-hydroxylation sites is 1. The number of anilines is 1. The number of ether oxygens (including phenoxy) is 1. The molecule has 0 radical (unpaired) electrons. The van der Waals surface area contributed by atoms with Crippen molar-refractivity contribution in [1.29, 1.82) is 0 Å². The standard InChI is InChI=1S/C28H34N2O5S/c1-19-11-13-21(14-12-19)36(32,33)35-17-7-3-4-8-20-18-22(27(31)34-2)26-28(15-16-29-25(20)28)23-9-5-6-10-24(23)30-26/h5-6,9-14,20,25,29-30H,3-4,7-8,15-18H2,1-2H3/t20-,25+,28-/m0/s1. The highest BCUT2D eigenvalue weighted by atomic mass is 32.2. The van der Waals surface area contributed by atoms with Crippen LogP contribution < -0.4 is 10.6 Å². The van der Waals surface area contributed by atoms with E-state index in [-0.39, 0.29) is 34.8 Å². The predicted octanol–water partition coefficient (Wildman–Crippen LogP) is 4.43. The van der Waals surface area contributed by atoms with Crippen LogP contribution in [0.2, 0.25) is 0 Å². The molecule has 2 heterocycles. The van der Waals surface area contributed by atoms with Crippen LogP contribution in [0.3, 0.4) is 0 Å².